The van der Waals surface area contributed by atoms with Crippen LogP contribution in [0.1, 0.15) is 0 Å². The van der Waals surface area contributed by atoms with Gasteiger partial charge in [0.05, 0.1) is 5.69 Å². The number of nitrogens with zero attached hydrogens (tertiary/aromatic N) is 2. The van der Waals surface area contributed by atoms with Gasteiger partial charge in [0.15, 0.2) is 0 Å². The van der Waals surface area contributed by atoms with Gasteiger partial charge in [-0.05, 0) is 29.8 Å². The van der Waals surface area contributed by atoms with Crippen LogP contribution < -0.4 is 4.72 Å². The summed E-state index contributed by atoms with van der Waals surface area (Å²) < 4.78 is 28.6. The molecule has 0 atom stereocenters. The van der Waals surface area contributed by atoms with Crippen molar-refractivity contribution in [2.24, 2.45) is 7.05 Å². The van der Waals surface area contributed by atoms with Gasteiger partial charge in [-0.3, -0.25) is 9.82 Å². The summed E-state index contributed by atoms with van der Waals surface area (Å²) >= 11 is 0. The van der Waals surface area contributed by atoms with E-state index < -0.39 is 10.0 Å². The van der Waals surface area contributed by atoms with Gasteiger partial charge < -0.3 is 4.57 Å². The van der Waals surface area contributed by atoms with Gasteiger partial charge in [-0.2, -0.15) is 5.10 Å². The smallest absolute Gasteiger partial charge is 0.263 e. The molecule has 0 radical (unpaired) electrons. The lowest BCUT2D eigenvalue weighted by Gasteiger charge is -2.07. The van der Waals surface area contributed by atoms with E-state index in [0.717, 1.165) is 11.3 Å². The molecule has 0 aliphatic rings. The van der Waals surface area contributed by atoms with Crippen molar-refractivity contribution in [3.8, 4) is 11.3 Å². The fourth-order valence-electron chi connectivity index (χ4n) is 1.99. The molecule has 108 valence electrons. The Hall–Kier alpha value is -2.54. The van der Waals surface area contributed by atoms with Gasteiger partial charge >= 0.3 is 0 Å². The van der Waals surface area contributed by atoms with E-state index in [1.54, 1.807) is 48.4 Å². The van der Waals surface area contributed by atoms with E-state index >= 15 is 0 Å². The summed E-state index contributed by atoms with van der Waals surface area (Å²) in [6.45, 7) is 0. The predicted molar refractivity (Wildman–Crippen MR) is 80.2 cm³/mol. The molecular weight excluding hydrogens is 288 g/mol. The second kappa shape index (κ2) is 5.10. The molecule has 0 fully saturated rings. The zero-order valence-corrected chi connectivity index (χ0v) is 12.1. The lowest BCUT2D eigenvalue weighted by atomic mass is 10.1. The maximum atomic E-state index is 12.2. The van der Waals surface area contributed by atoms with Crippen molar-refractivity contribution in [1.29, 1.82) is 0 Å². The maximum Gasteiger partial charge on any atom is 0.263 e. The van der Waals surface area contributed by atoms with Crippen molar-refractivity contribution >= 4 is 15.7 Å². The van der Waals surface area contributed by atoms with Crippen LogP contribution in [-0.2, 0) is 17.1 Å². The molecule has 0 spiro atoms. The van der Waals surface area contributed by atoms with Crippen LogP contribution in [0.3, 0.4) is 0 Å². The molecule has 2 aromatic heterocycles. The van der Waals surface area contributed by atoms with E-state index in [9.17, 15) is 8.42 Å². The van der Waals surface area contributed by atoms with Crippen LogP contribution in [-0.4, -0.2) is 23.2 Å². The topological polar surface area (TPSA) is 79.8 Å². The number of aryl methyl sites for hydroxylation is 1. The van der Waals surface area contributed by atoms with E-state index in [4.69, 9.17) is 0 Å². The first-order valence-electron chi connectivity index (χ1n) is 6.29. The van der Waals surface area contributed by atoms with E-state index in [1.165, 1.54) is 0 Å². The van der Waals surface area contributed by atoms with Gasteiger partial charge in [-0.25, -0.2) is 8.42 Å². The van der Waals surface area contributed by atoms with Gasteiger partial charge in [0, 0.05) is 31.3 Å². The number of sulfonamides is 1. The number of H-pyrrole nitrogens is 1. The molecule has 2 N–H and O–H groups in total. The average Bonchev–Trinajstić information content (AvgIpc) is 3.10. The van der Waals surface area contributed by atoms with Crippen molar-refractivity contribution in [3.63, 3.8) is 0 Å². The van der Waals surface area contributed by atoms with E-state index in [0.29, 0.717) is 5.69 Å². The fourth-order valence-corrected chi connectivity index (χ4v) is 3.09. The molecular formula is C14H14N4O2S. The number of hydrogen-bond donors (Lipinski definition) is 2. The molecule has 0 saturated carbocycles. The Morgan fingerprint density at radius 1 is 1.14 bits per heavy atom. The lowest BCUT2D eigenvalue weighted by Crippen LogP contribution is -2.12. The first-order chi connectivity index (χ1) is 10.0. The van der Waals surface area contributed by atoms with Crippen LogP contribution in [0.25, 0.3) is 11.3 Å². The van der Waals surface area contributed by atoms with Crippen molar-refractivity contribution in [2.75, 3.05) is 4.72 Å². The van der Waals surface area contributed by atoms with E-state index in [-0.39, 0.29) is 4.90 Å². The number of aromatic amines is 1. The molecule has 7 heteroatoms. The number of rotatable bonds is 4. The third-order valence-corrected chi connectivity index (χ3v) is 4.43. The van der Waals surface area contributed by atoms with Crippen molar-refractivity contribution in [2.45, 2.75) is 4.90 Å². The molecule has 0 unspecified atom stereocenters. The molecule has 2 heterocycles. The minimum absolute atomic E-state index is 0.239. The second-order valence-electron chi connectivity index (χ2n) is 4.67. The van der Waals surface area contributed by atoms with Crippen LogP contribution >= 0.6 is 0 Å². The fraction of sp³-hybridized carbons (Fsp3) is 0.0714. The molecule has 3 aromatic rings. The Morgan fingerprint density at radius 3 is 2.48 bits per heavy atom. The van der Waals surface area contributed by atoms with E-state index in [1.807, 2.05) is 18.2 Å². The summed E-state index contributed by atoms with van der Waals surface area (Å²) in [4.78, 5) is 0.239. The van der Waals surface area contributed by atoms with Crippen LogP contribution in [0.5, 0.6) is 0 Å². The molecule has 6 nitrogen and oxygen atoms in total. The van der Waals surface area contributed by atoms with E-state index in [2.05, 4.69) is 14.9 Å². The Balaban J connectivity index is 1.82. The molecule has 0 amide bonds. The molecule has 3 rings (SSSR count). The quantitative estimate of drug-likeness (QED) is 0.775. The summed E-state index contributed by atoms with van der Waals surface area (Å²) in [6, 6.07) is 10.5. The molecule has 0 aliphatic heterocycles. The minimum atomic E-state index is -3.55. The van der Waals surface area contributed by atoms with Gasteiger partial charge in [0.1, 0.15) is 4.90 Å². The van der Waals surface area contributed by atoms with Gasteiger partial charge in [-0.15, -0.1) is 0 Å². The molecule has 0 saturated heterocycles. The average molecular weight is 302 g/mol. The van der Waals surface area contributed by atoms with Crippen LogP contribution in [0.4, 0.5) is 5.69 Å². The van der Waals surface area contributed by atoms with Crippen molar-refractivity contribution in [3.05, 3.63) is 55.0 Å². The largest absolute Gasteiger partial charge is 0.356 e. The molecule has 1 aromatic carbocycles. The molecule has 21 heavy (non-hydrogen) atoms. The monoisotopic (exact) mass is 302 g/mol. The Kier molecular flexibility index (Phi) is 3.26. The highest BCUT2D eigenvalue weighted by molar-refractivity contribution is 7.92. The highest BCUT2D eigenvalue weighted by Gasteiger charge is 2.15. The third-order valence-electron chi connectivity index (χ3n) is 3.06. The summed E-state index contributed by atoms with van der Waals surface area (Å²) in [5, 5.41) is 6.74. The summed E-state index contributed by atoms with van der Waals surface area (Å²) in [5.74, 6) is 0. The summed E-state index contributed by atoms with van der Waals surface area (Å²) in [6.07, 6.45) is 4.92. The number of hydrogen-bond acceptors (Lipinski definition) is 3. The minimum Gasteiger partial charge on any atom is -0.356 e. The van der Waals surface area contributed by atoms with Crippen LogP contribution in [0.2, 0.25) is 0 Å². The van der Waals surface area contributed by atoms with Gasteiger partial charge in [-0.1, -0.05) is 12.1 Å². The second-order valence-corrected chi connectivity index (χ2v) is 6.35. The summed E-state index contributed by atoms with van der Waals surface area (Å²) in [7, 11) is -1.77. The van der Waals surface area contributed by atoms with Gasteiger partial charge in [0.25, 0.3) is 10.0 Å². The van der Waals surface area contributed by atoms with Crippen molar-refractivity contribution < 1.29 is 8.42 Å². The number of anilines is 1. The SMILES string of the molecule is Cn1ccc(S(=O)(=O)Nc2ccc(-c3ccn[nH]3)cc2)c1. The number of nitrogens with one attached hydrogen (secondary N) is 2. The van der Waals surface area contributed by atoms with Gasteiger partial charge in [0.2, 0.25) is 0 Å². The predicted octanol–water partition coefficient (Wildman–Crippen LogP) is 2.22. The Labute approximate surface area is 122 Å². The normalized spacial score (nSPS) is 11.5. The zero-order valence-electron chi connectivity index (χ0n) is 11.3. The first kappa shape index (κ1) is 13.4. The number of benzene rings is 1. The Bertz CT molecular complexity index is 833. The van der Waals surface area contributed by atoms with Crippen LogP contribution in [0, 0.1) is 0 Å². The highest BCUT2D eigenvalue weighted by Crippen LogP contribution is 2.21. The standard InChI is InChI=1S/C14H14N4O2S/c1-18-9-7-13(10-18)21(19,20)17-12-4-2-11(3-5-12)14-6-8-15-16-14/h2-10,17H,1H3,(H,15,16). The number of aromatic nitrogens is 3. The van der Waals surface area contributed by atoms with Crippen LogP contribution in [0.15, 0.2) is 59.9 Å². The molecule has 0 aliphatic carbocycles. The van der Waals surface area contributed by atoms with Crippen molar-refractivity contribution in [1.82, 2.24) is 14.8 Å². The summed E-state index contributed by atoms with van der Waals surface area (Å²) in [5.41, 5.74) is 2.34. The third kappa shape index (κ3) is 2.82. The zero-order chi connectivity index (χ0) is 14.9. The lowest BCUT2D eigenvalue weighted by molar-refractivity contribution is 0.601. The Morgan fingerprint density at radius 2 is 1.90 bits per heavy atom. The molecule has 0 bridgehead atoms. The first-order valence-corrected chi connectivity index (χ1v) is 7.77. The highest BCUT2D eigenvalue weighted by atomic mass is 32.2. The maximum absolute atomic E-state index is 12.2.